The summed E-state index contributed by atoms with van der Waals surface area (Å²) in [5.74, 6) is 0.263. The van der Waals surface area contributed by atoms with Crippen LogP contribution in [0.2, 0.25) is 0 Å². The van der Waals surface area contributed by atoms with E-state index in [1.807, 2.05) is 12.1 Å². The Morgan fingerprint density at radius 1 is 1.52 bits per heavy atom. The van der Waals surface area contributed by atoms with Gasteiger partial charge < -0.3 is 5.32 Å². The van der Waals surface area contributed by atoms with Crippen molar-refractivity contribution in [2.75, 3.05) is 31.2 Å². The molecule has 7 heteroatoms. The Hall–Kier alpha value is -1.10. The zero-order valence-corrected chi connectivity index (χ0v) is 14.2. The van der Waals surface area contributed by atoms with Crippen LogP contribution < -0.4 is 5.32 Å². The second-order valence-corrected chi connectivity index (χ2v) is 8.21. The first kappa shape index (κ1) is 16.3. The molecule has 1 saturated heterocycles. The van der Waals surface area contributed by atoms with E-state index in [0.29, 0.717) is 25.2 Å². The summed E-state index contributed by atoms with van der Waals surface area (Å²) >= 11 is 3.39. The molecule has 1 unspecified atom stereocenters. The number of hydrogen-bond donors (Lipinski definition) is 1. The van der Waals surface area contributed by atoms with Crippen molar-refractivity contribution in [1.29, 1.82) is 5.26 Å². The molecule has 2 rings (SSSR count). The molecule has 114 valence electrons. The Morgan fingerprint density at radius 2 is 2.29 bits per heavy atom. The number of nitrogens with one attached hydrogen (secondary N) is 1. The minimum atomic E-state index is -3.12. The average molecular weight is 372 g/mol. The van der Waals surface area contributed by atoms with Gasteiger partial charge in [-0.3, -0.25) is 0 Å². The number of piperidine rings is 1. The molecule has 1 aliphatic heterocycles. The zero-order chi connectivity index (χ0) is 15.5. The number of halogens is 1. The van der Waals surface area contributed by atoms with E-state index in [9.17, 15) is 8.42 Å². The van der Waals surface area contributed by atoms with Crippen LogP contribution in [0.1, 0.15) is 18.4 Å². The first-order valence-corrected chi connectivity index (χ1v) is 9.43. The molecule has 0 aliphatic carbocycles. The molecule has 0 amide bonds. The molecule has 1 heterocycles. The smallest absolute Gasteiger partial charge is 0.211 e. The van der Waals surface area contributed by atoms with Crippen LogP contribution in [-0.2, 0) is 10.0 Å². The molecule has 1 fully saturated rings. The maximum atomic E-state index is 11.6. The van der Waals surface area contributed by atoms with Gasteiger partial charge in [0.1, 0.15) is 6.07 Å². The quantitative estimate of drug-likeness (QED) is 0.881. The molecule has 0 bridgehead atoms. The van der Waals surface area contributed by atoms with Gasteiger partial charge in [0.2, 0.25) is 10.0 Å². The summed E-state index contributed by atoms with van der Waals surface area (Å²) in [4.78, 5) is 0. The van der Waals surface area contributed by atoms with Gasteiger partial charge in [0.25, 0.3) is 0 Å². The zero-order valence-electron chi connectivity index (χ0n) is 11.8. The number of nitrogens with zero attached hydrogens (tertiary/aromatic N) is 2. The number of benzene rings is 1. The Morgan fingerprint density at radius 3 is 2.95 bits per heavy atom. The van der Waals surface area contributed by atoms with Crippen molar-refractivity contribution in [2.24, 2.45) is 5.92 Å². The van der Waals surface area contributed by atoms with Gasteiger partial charge >= 0.3 is 0 Å². The topological polar surface area (TPSA) is 73.2 Å². The molecular weight excluding hydrogens is 354 g/mol. The van der Waals surface area contributed by atoms with Crippen molar-refractivity contribution in [1.82, 2.24) is 4.31 Å². The van der Waals surface area contributed by atoms with Gasteiger partial charge in [-0.15, -0.1) is 0 Å². The van der Waals surface area contributed by atoms with E-state index in [1.54, 1.807) is 6.07 Å². The van der Waals surface area contributed by atoms with Crippen LogP contribution >= 0.6 is 15.9 Å². The van der Waals surface area contributed by atoms with Crippen LogP contribution in [0.5, 0.6) is 0 Å². The lowest BCUT2D eigenvalue weighted by Crippen LogP contribution is -2.41. The van der Waals surface area contributed by atoms with Crippen molar-refractivity contribution in [3.63, 3.8) is 0 Å². The monoisotopic (exact) mass is 371 g/mol. The van der Waals surface area contributed by atoms with E-state index in [2.05, 4.69) is 27.3 Å². The maximum Gasteiger partial charge on any atom is 0.211 e. The maximum absolute atomic E-state index is 11.6. The van der Waals surface area contributed by atoms with Gasteiger partial charge in [-0.05, 0) is 37.0 Å². The summed E-state index contributed by atoms with van der Waals surface area (Å²) in [6.07, 6.45) is 3.13. The SMILES string of the molecule is CS(=O)(=O)N1CCCC(CNc2cc(Br)ccc2C#N)C1. The summed E-state index contributed by atoms with van der Waals surface area (Å²) in [5.41, 5.74) is 1.37. The summed E-state index contributed by atoms with van der Waals surface area (Å²) in [5, 5.41) is 12.4. The molecule has 0 saturated carbocycles. The lowest BCUT2D eigenvalue weighted by atomic mass is 9.99. The number of anilines is 1. The van der Waals surface area contributed by atoms with Crippen molar-refractivity contribution < 1.29 is 8.42 Å². The largest absolute Gasteiger partial charge is 0.384 e. The standard InChI is InChI=1S/C14H18BrN3O2S/c1-21(19,20)18-6-2-3-11(10-18)9-17-14-7-13(15)5-4-12(14)8-16/h4-5,7,11,17H,2-3,6,9-10H2,1H3. The number of nitriles is 1. The van der Waals surface area contributed by atoms with E-state index in [0.717, 1.165) is 23.0 Å². The predicted octanol–water partition coefficient (Wildman–Crippen LogP) is 2.40. The molecular formula is C14H18BrN3O2S. The molecule has 0 spiro atoms. The fourth-order valence-corrected chi connectivity index (χ4v) is 3.81. The number of sulfonamides is 1. The van der Waals surface area contributed by atoms with Gasteiger partial charge in [0, 0.05) is 24.1 Å². The molecule has 1 aliphatic rings. The summed E-state index contributed by atoms with van der Waals surface area (Å²) in [7, 11) is -3.12. The van der Waals surface area contributed by atoms with Gasteiger partial charge in [0.15, 0.2) is 0 Å². The third-order valence-electron chi connectivity index (χ3n) is 3.63. The Labute approximate surface area is 134 Å². The summed E-state index contributed by atoms with van der Waals surface area (Å²) in [6.45, 7) is 1.81. The highest BCUT2D eigenvalue weighted by molar-refractivity contribution is 9.10. The molecule has 1 N–H and O–H groups in total. The summed E-state index contributed by atoms with van der Waals surface area (Å²) < 4.78 is 25.7. The highest BCUT2D eigenvalue weighted by Gasteiger charge is 2.25. The van der Waals surface area contributed by atoms with Crippen molar-refractivity contribution in [3.05, 3.63) is 28.2 Å². The molecule has 0 aromatic heterocycles. The van der Waals surface area contributed by atoms with E-state index in [4.69, 9.17) is 5.26 Å². The van der Waals surface area contributed by atoms with E-state index in [1.165, 1.54) is 10.6 Å². The average Bonchev–Trinajstić information content (AvgIpc) is 2.45. The van der Waals surface area contributed by atoms with E-state index < -0.39 is 10.0 Å². The van der Waals surface area contributed by atoms with Crippen molar-refractivity contribution in [3.8, 4) is 6.07 Å². The van der Waals surface area contributed by atoms with E-state index in [-0.39, 0.29) is 5.92 Å². The highest BCUT2D eigenvalue weighted by Crippen LogP contribution is 2.23. The predicted molar refractivity (Wildman–Crippen MR) is 86.5 cm³/mol. The Bertz CT molecular complexity index is 655. The first-order valence-electron chi connectivity index (χ1n) is 6.79. The van der Waals surface area contributed by atoms with Crippen LogP contribution in [0.4, 0.5) is 5.69 Å². The Kier molecular flexibility index (Phi) is 5.25. The number of rotatable bonds is 4. The molecule has 1 aromatic rings. The van der Waals surface area contributed by atoms with Gasteiger partial charge in [-0.1, -0.05) is 15.9 Å². The van der Waals surface area contributed by atoms with Crippen LogP contribution in [0.25, 0.3) is 0 Å². The minimum absolute atomic E-state index is 0.263. The molecule has 1 aromatic carbocycles. The third kappa shape index (κ3) is 4.43. The third-order valence-corrected chi connectivity index (χ3v) is 5.40. The molecule has 5 nitrogen and oxygen atoms in total. The normalized spacial score (nSPS) is 20.0. The van der Waals surface area contributed by atoms with Crippen LogP contribution in [0, 0.1) is 17.2 Å². The minimum Gasteiger partial charge on any atom is -0.384 e. The number of hydrogen-bond acceptors (Lipinski definition) is 4. The van der Waals surface area contributed by atoms with Crippen molar-refractivity contribution >= 4 is 31.6 Å². The fourth-order valence-electron chi connectivity index (χ4n) is 2.51. The van der Waals surface area contributed by atoms with Crippen LogP contribution in [0.15, 0.2) is 22.7 Å². The molecule has 0 radical (unpaired) electrons. The van der Waals surface area contributed by atoms with Crippen LogP contribution in [-0.4, -0.2) is 38.6 Å². The van der Waals surface area contributed by atoms with Gasteiger partial charge in [-0.25, -0.2) is 12.7 Å². The highest BCUT2D eigenvalue weighted by atomic mass is 79.9. The molecule has 1 atom stereocenters. The summed E-state index contributed by atoms with van der Waals surface area (Å²) in [6, 6.07) is 7.61. The Balaban J connectivity index is 2.00. The second-order valence-electron chi connectivity index (χ2n) is 5.31. The first-order chi connectivity index (χ1) is 9.90. The molecule has 21 heavy (non-hydrogen) atoms. The van der Waals surface area contributed by atoms with E-state index >= 15 is 0 Å². The van der Waals surface area contributed by atoms with Gasteiger partial charge in [-0.2, -0.15) is 5.26 Å². The van der Waals surface area contributed by atoms with Gasteiger partial charge in [0.05, 0.1) is 17.5 Å². The second kappa shape index (κ2) is 6.77. The lowest BCUT2D eigenvalue weighted by Gasteiger charge is -2.31. The van der Waals surface area contributed by atoms with Crippen molar-refractivity contribution in [2.45, 2.75) is 12.8 Å². The van der Waals surface area contributed by atoms with Crippen LogP contribution in [0.3, 0.4) is 0 Å². The lowest BCUT2D eigenvalue weighted by molar-refractivity contribution is 0.277. The fraction of sp³-hybridized carbons (Fsp3) is 0.500.